The fourth-order valence-electron chi connectivity index (χ4n) is 3.49. The van der Waals surface area contributed by atoms with Gasteiger partial charge < -0.3 is 19.2 Å². The van der Waals surface area contributed by atoms with E-state index in [0.29, 0.717) is 55.5 Å². The predicted molar refractivity (Wildman–Crippen MR) is 99.6 cm³/mol. The molecule has 2 aromatic rings. The van der Waals surface area contributed by atoms with E-state index in [1.54, 1.807) is 26.0 Å². The number of hydrogen-bond donors (Lipinski definition) is 1. The van der Waals surface area contributed by atoms with E-state index in [2.05, 4.69) is 15.4 Å². The van der Waals surface area contributed by atoms with Gasteiger partial charge in [-0.25, -0.2) is 0 Å². The zero-order valence-corrected chi connectivity index (χ0v) is 16.2. The van der Waals surface area contributed by atoms with Gasteiger partial charge in [-0.05, 0) is 33.3 Å². The second-order valence-corrected chi connectivity index (χ2v) is 6.89. The van der Waals surface area contributed by atoms with Gasteiger partial charge in [-0.3, -0.25) is 14.5 Å². The number of piperazine rings is 1. The summed E-state index contributed by atoms with van der Waals surface area (Å²) in [7, 11) is 0. The Hall–Kier alpha value is -2.61. The number of nitrogens with zero attached hydrogens (tertiary/aromatic N) is 3. The van der Waals surface area contributed by atoms with Crippen LogP contribution in [0.15, 0.2) is 21.1 Å². The number of anilines is 1. The largest absolute Gasteiger partial charge is 0.466 e. The summed E-state index contributed by atoms with van der Waals surface area (Å²) in [6.07, 6.45) is 0.677. The van der Waals surface area contributed by atoms with Gasteiger partial charge in [0.1, 0.15) is 17.3 Å². The highest BCUT2D eigenvalue weighted by molar-refractivity contribution is 5.95. The highest BCUT2D eigenvalue weighted by Gasteiger charge is 2.30. The zero-order chi connectivity index (χ0) is 19.6. The normalized spacial score (nSPS) is 16.4. The quantitative estimate of drug-likeness (QED) is 0.864. The first-order valence-electron chi connectivity index (χ1n) is 9.23. The van der Waals surface area contributed by atoms with Crippen LogP contribution in [0.1, 0.15) is 41.0 Å². The molecule has 1 fully saturated rings. The summed E-state index contributed by atoms with van der Waals surface area (Å²) in [5, 5.41) is 6.61. The highest BCUT2D eigenvalue weighted by atomic mass is 16.5. The minimum absolute atomic E-state index is 0.0143. The van der Waals surface area contributed by atoms with Gasteiger partial charge in [0.2, 0.25) is 5.91 Å². The summed E-state index contributed by atoms with van der Waals surface area (Å²) in [5.41, 5.74) is 0.618. The average molecular weight is 374 g/mol. The van der Waals surface area contributed by atoms with Gasteiger partial charge in [0.05, 0.1) is 11.6 Å². The monoisotopic (exact) mass is 374 g/mol. The number of nitrogens with one attached hydrogen (secondary N) is 1. The molecule has 1 aliphatic heterocycles. The van der Waals surface area contributed by atoms with E-state index in [1.807, 2.05) is 18.7 Å². The second kappa shape index (κ2) is 7.96. The topological polar surface area (TPSA) is 91.8 Å². The molecule has 3 heterocycles. The van der Waals surface area contributed by atoms with Gasteiger partial charge in [-0.1, -0.05) is 12.1 Å². The summed E-state index contributed by atoms with van der Waals surface area (Å²) in [6.45, 7) is 9.84. The van der Waals surface area contributed by atoms with Gasteiger partial charge in [0.15, 0.2) is 5.82 Å². The van der Waals surface area contributed by atoms with Gasteiger partial charge in [-0.2, -0.15) is 0 Å². The van der Waals surface area contributed by atoms with Crippen LogP contribution in [0.25, 0.3) is 0 Å². The summed E-state index contributed by atoms with van der Waals surface area (Å²) in [4.78, 5) is 29.2. The molecule has 8 nitrogen and oxygen atoms in total. The zero-order valence-electron chi connectivity index (χ0n) is 16.2. The summed E-state index contributed by atoms with van der Waals surface area (Å²) >= 11 is 0. The van der Waals surface area contributed by atoms with Gasteiger partial charge >= 0.3 is 0 Å². The van der Waals surface area contributed by atoms with Crippen molar-refractivity contribution < 1.29 is 18.5 Å². The van der Waals surface area contributed by atoms with Crippen molar-refractivity contribution >= 4 is 17.6 Å². The Morgan fingerprint density at radius 3 is 2.37 bits per heavy atom. The van der Waals surface area contributed by atoms with E-state index in [0.717, 1.165) is 5.76 Å². The number of rotatable bonds is 5. The van der Waals surface area contributed by atoms with Crippen molar-refractivity contribution in [2.75, 3.05) is 31.5 Å². The minimum Gasteiger partial charge on any atom is -0.466 e. The van der Waals surface area contributed by atoms with Crippen LogP contribution in [0.2, 0.25) is 0 Å². The lowest BCUT2D eigenvalue weighted by Gasteiger charge is -2.38. The third kappa shape index (κ3) is 4.21. The fraction of sp³-hybridized carbons (Fsp3) is 0.526. The molecular formula is C19H26N4O4. The van der Waals surface area contributed by atoms with Crippen molar-refractivity contribution in [1.29, 1.82) is 0 Å². The maximum atomic E-state index is 12.7. The van der Waals surface area contributed by atoms with E-state index in [-0.39, 0.29) is 17.9 Å². The molecule has 146 valence electrons. The van der Waals surface area contributed by atoms with Crippen LogP contribution in [0.3, 0.4) is 0 Å². The SMILES string of the molecule is CCC(C(=O)Nc1cc(C)on1)N1CCN(C(=O)c2cc(C)oc2C)CC1. The van der Waals surface area contributed by atoms with Gasteiger partial charge in [0, 0.05) is 32.2 Å². The standard InChI is InChI=1S/C19H26N4O4/c1-5-16(18(24)20-17-11-13(3)27-21-17)22-6-8-23(9-7-22)19(25)15-10-12(2)26-14(15)4/h10-11,16H,5-9H2,1-4H3,(H,20,21,24). The first-order valence-corrected chi connectivity index (χ1v) is 9.23. The van der Waals surface area contributed by atoms with E-state index in [4.69, 9.17) is 8.94 Å². The second-order valence-electron chi connectivity index (χ2n) is 6.89. The lowest BCUT2D eigenvalue weighted by Crippen LogP contribution is -2.54. The Morgan fingerprint density at radius 2 is 1.85 bits per heavy atom. The minimum atomic E-state index is -0.267. The molecule has 0 radical (unpaired) electrons. The molecule has 0 bridgehead atoms. The van der Waals surface area contributed by atoms with Crippen molar-refractivity contribution in [2.24, 2.45) is 0 Å². The van der Waals surface area contributed by atoms with Crippen LogP contribution in [0, 0.1) is 20.8 Å². The third-order valence-electron chi connectivity index (χ3n) is 4.88. The Kier molecular flexibility index (Phi) is 5.65. The molecule has 1 saturated heterocycles. The fourth-order valence-corrected chi connectivity index (χ4v) is 3.49. The number of aryl methyl sites for hydroxylation is 3. The maximum Gasteiger partial charge on any atom is 0.257 e. The Morgan fingerprint density at radius 1 is 1.15 bits per heavy atom. The van der Waals surface area contributed by atoms with Crippen molar-refractivity contribution in [1.82, 2.24) is 15.0 Å². The van der Waals surface area contributed by atoms with Crippen LogP contribution in [0.4, 0.5) is 5.82 Å². The Labute approximate surface area is 158 Å². The number of amides is 2. The van der Waals surface area contributed by atoms with Gasteiger partial charge in [-0.15, -0.1) is 0 Å². The molecule has 0 aromatic carbocycles. The average Bonchev–Trinajstić information content (AvgIpc) is 3.20. The van der Waals surface area contributed by atoms with Crippen molar-refractivity contribution in [2.45, 2.75) is 40.2 Å². The van der Waals surface area contributed by atoms with E-state index in [9.17, 15) is 9.59 Å². The van der Waals surface area contributed by atoms with E-state index >= 15 is 0 Å². The Balaban J connectivity index is 1.59. The number of carbonyl (C=O) groups excluding carboxylic acids is 2. The summed E-state index contributed by atoms with van der Waals surface area (Å²) in [5.74, 6) is 2.34. The molecular weight excluding hydrogens is 348 g/mol. The van der Waals surface area contributed by atoms with Crippen molar-refractivity contribution in [3.05, 3.63) is 35.0 Å². The maximum absolute atomic E-state index is 12.7. The molecule has 8 heteroatoms. The summed E-state index contributed by atoms with van der Waals surface area (Å²) < 4.78 is 10.5. The van der Waals surface area contributed by atoms with E-state index in [1.165, 1.54) is 0 Å². The molecule has 1 N–H and O–H groups in total. The van der Waals surface area contributed by atoms with Gasteiger partial charge in [0.25, 0.3) is 5.91 Å². The smallest absolute Gasteiger partial charge is 0.257 e. The lowest BCUT2D eigenvalue weighted by molar-refractivity contribution is -0.122. The molecule has 1 atom stereocenters. The molecule has 0 aliphatic carbocycles. The van der Waals surface area contributed by atoms with Crippen molar-refractivity contribution in [3.63, 3.8) is 0 Å². The first kappa shape index (κ1) is 19.2. The van der Waals surface area contributed by atoms with E-state index < -0.39 is 0 Å². The lowest BCUT2D eigenvalue weighted by atomic mass is 10.1. The molecule has 2 amide bonds. The number of aromatic nitrogens is 1. The number of hydrogen-bond acceptors (Lipinski definition) is 6. The molecule has 0 saturated carbocycles. The molecule has 0 spiro atoms. The molecule has 27 heavy (non-hydrogen) atoms. The molecule has 2 aromatic heterocycles. The van der Waals surface area contributed by atoms with Crippen LogP contribution in [0.5, 0.6) is 0 Å². The van der Waals surface area contributed by atoms with Crippen LogP contribution >= 0.6 is 0 Å². The predicted octanol–water partition coefficient (Wildman–Crippen LogP) is 2.37. The van der Waals surface area contributed by atoms with Crippen LogP contribution in [-0.4, -0.2) is 59.0 Å². The molecule has 1 unspecified atom stereocenters. The molecule has 3 rings (SSSR count). The first-order chi connectivity index (χ1) is 12.9. The highest BCUT2D eigenvalue weighted by Crippen LogP contribution is 2.19. The van der Waals surface area contributed by atoms with Crippen LogP contribution < -0.4 is 5.32 Å². The third-order valence-corrected chi connectivity index (χ3v) is 4.88. The number of carbonyl (C=O) groups is 2. The molecule has 1 aliphatic rings. The Bertz CT molecular complexity index is 818. The number of furan rings is 1. The summed E-state index contributed by atoms with van der Waals surface area (Å²) in [6, 6.07) is 3.21. The van der Waals surface area contributed by atoms with Crippen LogP contribution in [-0.2, 0) is 4.79 Å². The van der Waals surface area contributed by atoms with Crippen molar-refractivity contribution in [3.8, 4) is 0 Å².